The summed E-state index contributed by atoms with van der Waals surface area (Å²) < 4.78 is 0. The van der Waals surface area contributed by atoms with Crippen molar-refractivity contribution in [3.8, 4) is 0 Å². The van der Waals surface area contributed by atoms with Gasteiger partial charge in [-0.15, -0.1) is 0 Å². The number of anilines is 1. The van der Waals surface area contributed by atoms with Crippen molar-refractivity contribution < 1.29 is 5.11 Å². The molecule has 14 heavy (non-hydrogen) atoms. The zero-order chi connectivity index (χ0) is 9.80. The lowest BCUT2D eigenvalue weighted by Crippen LogP contribution is -2.28. The maximum Gasteiger partial charge on any atom is 0.134 e. The predicted octanol–water partition coefficient (Wildman–Crippen LogP) is 1.34. The number of aromatic nitrogens is 1. The summed E-state index contributed by atoms with van der Waals surface area (Å²) in [6, 6.07) is 3.77. The third-order valence-corrected chi connectivity index (χ3v) is 2.40. The molecule has 0 unspecified atom stereocenters. The van der Waals surface area contributed by atoms with Crippen LogP contribution in [0.4, 0.5) is 5.82 Å². The van der Waals surface area contributed by atoms with Crippen LogP contribution in [0.2, 0.25) is 0 Å². The van der Waals surface area contributed by atoms with E-state index in [1.807, 2.05) is 12.1 Å². The van der Waals surface area contributed by atoms with Crippen molar-refractivity contribution in [2.45, 2.75) is 13.0 Å². The molecule has 0 amide bonds. The Bertz CT molecular complexity index is 336. The molecule has 0 saturated carbocycles. The van der Waals surface area contributed by atoms with E-state index >= 15 is 0 Å². The maximum atomic E-state index is 9.16. The molecular formula is C11H14N2O. The highest BCUT2D eigenvalue weighted by Gasteiger charge is 2.11. The van der Waals surface area contributed by atoms with Crippen LogP contribution in [0.5, 0.6) is 0 Å². The average Bonchev–Trinajstić information content (AvgIpc) is 2.30. The first-order valence-corrected chi connectivity index (χ1v) is 4.86. The largest absolute Gasteiger partial charge is 0.392 e. The molecule has 1 N–H and O–H groups in total. The van der Waals surface area contributed by atoms with E-state index in [0.29, 0.717) is 0 Å². The SMILES string of the molecule is OCc1cccnc1N1CC=CCC1. The highest BCUT2D eigenvalue weighted by Crippen LogP contribution is 2.18. The Balaban J connectivity index is 2.25. The standard InChI is InChI=1S/C11H14N2O/c14-9-10-5-4-6-12-11(10)13-7-2-1-3-8-13/h1-2,4-6,14H,3,7-9H2. The minimum Gasteiger partial charge on any atom is -0.392 e. The van der Waals surface area contributed by atoms with E-state index < -0.39 is 0 Å². The number of rotatable bonds is 2. The van der Waals surface area contributed by atoms with Crippen LogP contribution in [0, 0.1) is 0 Å². The Hall–Kier alpha value is -1.35. The fourth-order valence-electron chi connectivity index (χ4n) is 1.67. The lowest BCUT2D eigenvalue weighted by Gasteiger charge is -2.25. The molecule has 74 valence electrons. The summed E-state index contributed by atoms with van der Waals surface area (Å²) in [6.45, 7) is 1.94. The first-order chi connectivity index (χ1) is 6.92. The van der Waals surface area contributed by atoms with E-state index in [9.17, 15) is 0 Å². The van der Waals surface area contributed by atoms with Gasteiger partial charge in [-0.1, -0.05) is 18.2 Å². The minimum absolute atomic E-state index is 0.0589. The second-order valence-corrected chi connectivity index (χ2v) is 3.35. The van der Waals surface area contributed by atoms with Gasteiger partial charge in [0.15, 0.2) is 0 Å². The normalized spacial score (nSPS) is 15.9. The molecule has 0 bridgehead atoms. The van der Waals surface area contributed by atoms with Crippen LogP contribution < -0.4 is 4.90 Å². The lowest BCUT2D eigenvalue weighted by molar-refractivity contribution is 0.281. The number of pyridine rings is 1. The average molecular weight is 190 g/mol. The third-order valence-electron chi connectivity index (χ3n) is 2.40. The van der Waals surface area contributed by atoms with Crippen molar-refractivity contribution in [2.24, 2.45) is 0 Å². The van der Waals surface area contributed by atoms with Crippen molar-refractivity contribution in [3.63, 3.8) is 0 Å². The molecular weight excluding hydrogens is 176 g/mol. The van der Waals surface area contributed by atoms with Crippen molar-refractivity contribution in [3.05, 3.63) is 36.0 Å². The van der Waals surface area contributed by atoms with E-state index in [2.05, 4.69) is 22.0 Å². The lowest BCUT2D eigenvalue weighted by atomic mass is 10.2. The quantitative estimate of drug-likeness (QED) is 0.715. The summed E-state index contributed by atoms with van der Waals surface area (Å²) in [6.07, 6.45) is 7.14. The fourth-order valence-corrected chi connectivity index (χ4v) is 1.67. The summed E-state index contributed by atoms with van der Waals surface area (Å²) in [4.78, 5) is 6.49. The predicted molar refractivity (Wildman–Crippen MR) is 56.1 cm³/mol. The summed E-state index contributed by atoms with van der Waals surface area (Å²) in [7, 11) is 0. The molecule has 0 spiro atoms. The van der Waals surface area contributed by atoms with Gasteiger partial charge in [0.2, 0.25) is 0 Å². The Morgan fingerprint density at radius 3 is 3.07 bits per heavy atom. The van der Waals surface area contributed by atoms with Gasteiger partial charge in [-0.05, 0) is 12.5 Å². The van der Waals surface area contributed by atoms with E-state index in [1.54, 1.807) is 6.20 Å². The van der Waals surface area contributed by atoms with Gasteiger partial charge in [0, 0.05) is 24.8 Å². The van der Waals surface area contributed by atoms with Gasteiger partial charge in [-0.3, -0.25) is 0 Å². The van der Waals surface area contributed by atoms with Crippen LogP contribution in [-0.2, 0) is 6.61 Å². The monoisotopic (exact) mass is 190 g/mol. The van der Waals surface area contributed by atoms with Gasteiger partial charge < -0.3 is 10.0 Å². The number of hydrogen-bond donors (Lipinski definition) is 1. The molecule has 0 radical (unpaired) electrons. The highest BCUT2D eigenvalue weighted by molar-refractivity contribution is 5.47. The van der Waals surface area contributed by atoms with E-state index in [1.165, 1.54) is 0 Å². The molecule has 3 heteroatoms. The number of hydrogen-bond acceptors (Lipinski definition) is 3. The molecule has 1 aliphatic heterocycles. The smallest absolute Gasteiger partial charge is 0.134 e. The van der Waals surface area contributed by atoms with Crippen LogP contribution in [0.1, 0.15) is 12.0 Å². The summed E-state index contributed by atoms with van der Waals surface area (Å²) in [5.41, 5.74) is 0.905. The van der Waals surface area contributed by atoms with Gasteiger partial charge in [0.1, 0.15) is 5.82 Å². The Morgan fingerprint density at radius 2 is 2.36 bits per heavy atom. The second kappa shape index (κ2) is 4.24. The molecule has 0 saturated heterocycles. The number of aliphatic hydroxyl groups excluding tert-OH is 1. The highest BCUT2D eigenvalue weighted by atomic mass is 16.3. The molecule has 0 fully saturated rings. The van der Waals surface area contributed by atoms with Crippen LogP contribution in [0.25, 0.3) is 0 Å². The number of aliphatic hydroxyl groups is 1. The van der Waals surface area contributed by atoms with Crippen molar-refractivity contribution >= 4 is 5.82 Å². The molecule has 1 aromatic rings. The molecule has 2 rings (SSSR count). The van der Waals surface area contributed by atoms with Gasteiger partial charge in [0.25, 0.3) is 0 Å². The van der Waals surface area contributed by atoms with Crippen LogP contribution in [-0.4, -0.2) is 23.2 Å². The third kappa shape index (κ3) is 1.77. The zero-order valence-corrected chi connectivity index (χ0v) is 8.06. The van der Waals surface area contributed by atoms with Gasteiger partial charge in [-0.2, -0.15) is 0 Å². The van der Waals surface area contributed by atoms with Gasteiger partial charge in [0.05, 0.1) is 6.61 Å². The Labute approximate surface area is 83.7 Å². The Morgan fingerprint density at radius 1 is 1.43 bits per heavy atom. The Kier molecular flexibility index (Phi) is 2.79. The van der Waals surface area contributed by atoms with E-state index in [-0.39, 0.29) is 6.61 Å². The molecule has 0 aromatic carbocycles. The van der Waals surface area contributed by atoms with Crippen molar-refractivity contribution in [1.82, 2.24) is 4.98 Å². The van der Waals surface area contributed by atoms with E-state index in [4.69, 9.17) is 5.11 Å². The number of nitrogens with zero attached hydrogens (tertiary/aromatic N) is 2. The van der Waals surface area contributed by atoms with Gasteiger partial charge >= 0.3 is 0 Å². The second-order valence-electron chi connectivity index (χ2n) is 3.35. The van der Waals surface area contributed by atoms with Gasteiger partial charge in [-0.25, -0.2) is 4.98 Å². The molecule has 0 aliphatic carbocycles. The molecule has 2 heterocycles. The van der Waals surface area contributed by atoms with E-state index in [0.717, 1.165) is 30.9 Å². The first kappa shape index (κ1) is 9.21. The summed E-state index contributed by atoms with van der Waals surface area (Å²) in [5, 5.41) is 9.16. The van der Waals surface area contributed by atoms with Crippen molar-refractivity contribution in [2.75, 3.05) is 18.0 Å². The first-order valence-electron chi connectivity index (χ1n) is 4.86. The minimum atomic E-state index is 0.0589. The summed E-state index contributed by atoms with van der Waals surface area (Å²) >= 11 is 0. The molecule has 0 atom stereocenters. The topological polar surface area (TPSA) is 36.4 Å². The van der Waals surface area contributed by atoms with Crippen LogP contribution in [0.15, 0.2) is 30.5 Å². The fraction of sp³-hybridized carbons (Fsp3) is 0.364. The molecule has 1 aliphatic rings. The van der Waals surface area contributed by atoms with Crippen LogP contribution in [0.3, 0.4) is 0 Å². The zero-order valence-electron chi connectivity index (χ0n) is 8.06. The summed E-state index contributed by atoms with van der Waals surface area (Å²) in [5.74, 6) is 0.916. The molecule has 3 nitrogen and oxygen atoms in total. The maximum absolute atomic E-state index is 9.16. The van der Waals surface area contributed by atoms with Crippen LogP contribution >= 0.6 is 0 Å². The van der Waals surface area contributed by atoms with Crippen molar-refractivity contribution in [1.29, 1.82) is 0 Å². The molecule has 1 aromatic heterocycles.